The summed E-state index contributed by atoms with van der Waals surface area (Å²) in [7, 11) is 1.36. The van der Waals surface area contributed by atoms with E-state index in [0.29, 0.717) is 5.39 Å². The van der Waals surface area contributed by atoms with E-state index in [2.05, 4.69) is 4.98 Å². The summed E-state index contributed by atoms with van der Waals surface area (Å²) in [6.07, 6.45) is 2.58. The van der Waals surface area contributed by atoms with E-state index in [0.717, 1.165) is 10.8 Å². The molecule has 5 nitrogen and oxygen atoms in total. The van der Waals surface area contributed by atoms with Gasteiger partial charge in [-0.3, -0.25) is 14.3 Å². The molecule has 0 aliphatic heterocycles. The topological polar surface area (TPSA) is 70.1 Å². The van der Waals surface area contributed by atoms with Gasteiger partial charge in [0.15, 0.2) is 11.6 Å². The van der Waals surface area contributed by atoms with Gasteiger partial charge in [-0.15, -0.1) is 0 Å². The lowest BCUT2D eigenvalue weighted by Crippen LogP contribution is -2.15. The fraction of sp³-hybridized carbons (Fsp3) is 0.125. The molecule has 2 aromatic heterocycles. The van der Waals surface area contributed by atoms with E-state index < -0.39 is 17.5 Å². The van der Waals surface area contributed by atoms with Crippen LogP contribution in [-0.4, -0.2) is 29.2 Å². The first kappa shape index (κ1) is 16.4. The van der Waals surface area contributed by atoms with Gasteiger partial charge in [0.25, 0.3) is 5.91 Å². The lowest BCUT2D eigenvalue weighted by atomic mass is 10.1. The number of nitrogens with two attached hydrogens (primary N) is 1. The quantitative estimate of drug-likeness (QED) is 0.784. The van der Waals surface area contributed by atoms with E-state index >= 15 is 0 Å². The van der Waals surface area contributed by atoms with E-state index in [9.17, 15) is 13.6 Å². The number of hydrogen-bond acceptors (Lipinski definition) is 4. The number of carbonyl (C=O) groups excluding carboxylic acids is 1. The Bertz CT molecular complexity index is 956. The van der Waals surface area contributed by atoms with Crippen molar-refractivity contribution in [2.75, 3.05) is 19.5 Å². The Kier molecular flexibility index (Phi) is 4.21. The smallest absolute Gasteiger partial charge is 0.257 e. The van der Waals surface area contributed by atoms with E-state index in [1.54, 1.807) is 12.1 Å². The summed E-state index contributed by atoms with van der Waals surface area (Å²) in [5.41, 5.74) is 4.85. The molecule has 0 radical (unpaired) electrons. The number of anilines is 1. The number of methoxy groups -OCH3 is 1. The first-order chi connectivity index (χ1) is 11.5. The number of hydrogen-bond donors (Lipinski definition) is 1. The Morgan fingerprint density at radius 1 is 1.33 bits per heavy atom. The van der Waals surface area contributed by atoms with Crippen LogP contribution in [0.15, 0.2) is 30.6 Å². The molecule has 0 spiro atoms. The monoisotopic (exact) mass is 351 g/mol. The first-order valence-electron chi connectivity index (χ1n) is 6.87. The van der Waals surface area contributed by atoms with Crippen molar-refractivity contribution in [3.8, 4) is 11.3 Å². The normalized spacial score (nSPS) is 11.2. The molecule has 0 saturated carbocycles. The molecular weight excluding hydrogens is 340 g/mol. The predicted molar refractivity (Wildman–Crippen MR) is 87.0 cm³/mol. The molecule has 0 unspecified atom stereocenters. The molecule has 0 saturated heterocycles. The van der Waals surface area contributed by atoms with Crippen LogP contribution in [-0.2, 0) is 4.74 Å². The van der Waals surface area contributed by atoms with Crippen LogP contribution >= 0.6 is 11.6 Å². The van der Waals surface area contributed by atoms with Gasteiger partial charge in [0, 0.05) is 30.5 Å². The average Bonchev–Trinajstić information content (AvgIpc) is 2.99. The highest BCUT2D eigenvalue weighted by atomic mass is 35.5. The molecule has 2 heterocycles. The molecule has 8 heteroatoms. The predicted octanol–water partition coefficient (Wildman–Crippen LogP) is 3.50. The van der Waals surface area contributed by atoms with Gasteiger partial charge in [0.05, 0.1) is 16.2 Å². The summed E-state index contributed by atoms with van der Waals surface area (Å²) < 4.78 is 35.2. The Balaban J connectivity index is 2.24. The summed E-state index contributed by atoms with van der Waals surface area (Å²) in [4.78, 5) is 15.9. The molecular formula is C16H12ClF2N3O2. The number of nitrogen functional groups attached to an aromatic ring is 1. The van der Waals surface area contributed by atoms with Crippen LogP contribution in [0.5, 0.6) is 0 Å². The third kappa shape index (κ3) is 2.51. The standard InChI is InChI=1S/C16H12ClF2N3O2/c1-24-7-11(23)22-5-4-8-2-3-9(12(18)16(8)22)15-13(19)14(20)10(17)6-21-15/h2-6H,7H2,1H3,(H2,20,21). The minimum Gasteiger partial charge on any atom is -0.395 e. The summed E-state index contributed by atoms with van der Waals surface area (Å²) in [5.74, 6) is -2.15. The van der Waals surface area contributed by atoms with Crippen molar-refractivity contribution >= 4 is 34.1 Å². The number of fused-ring (bicyclic) bond motifs is 1. The maximum atomic E-state index is 15.0. The van der Waals surface area contributed by atoms with Crippen LogP contribution in [0, 0.1) is 11.6 Å². The molecule has 0 fully saturated rings. The molecule has 0 aliphatic carbocycles. The van der Waals surface area contributed by atoms with Crippen molar-refractivity contribution in [1.82, 2.24) is 9.55 Å². The third-order valence-electron chi connectivity index (χ3n) is 3.59. The van der Waals surface area contributed by atoms with Gasteiger partial charge < -0.3 is 10.5 Å². The number of ether oxygens (including phenoxy) is 1. The second kappa shape index (κ2) is 6.18. The lowest BCUT2D eigenvalue weighted by molar-refractivity contribution is 0.0767. The largest absolute Gasteiger partial charge is 0.395 e. The number of pyridine rings is 1. The van der Waals surface area contributed by atoms with Crippen LogP contribution in [0.25, 0.3) is 22.2 Å². The molecule has 0 aliphatic rings. The van der Waals surface area contributed by atoms with Gasteiger partial charge in [0.1, 0.15) is 12.3 Å². The summed E-state index contributed by atoms with van der Waals surface area (Å²) in [5, 5.41) is 0.430. The SMILES string of the molecule is COCC(=O)n1ccc2ccc(-c3ncc(Cl)c(N)c3F)c(F)c21. The van der Waals surface area contributed by atoms with Crippen molar-refractivity contribution in [2.24, 2.45) is 0 Å². The second-order valence-corrected chi connectivity index (χ2v) is 5.47. The summed E-state index contributed by atoms with van der Waals surface area (Å²) in [6, 6.07) is 4.52. The Morgan fingerprint density at radius 2 is 2.08 bits per heavy atom. The third-order valence-corrected chi connectivity index (χ3v) is 3.89. The zero-order valence-corrected chi connectivity index (χ0v) is 13.3. The second-order valence-electron chi connectivity index (χ2n) is 5.06. The molecule has 3 aromatic rings. The molecule has 0 amide bonds. The van der Waals surface area contributed by atoms with Gasteiger partial charge in [-0.2, -0.15) is 0 Å². The van der Waals surface area contributed by atoms with Gasteiger partial charge in [0.2, 0.25) is 0 Å². The van der Waals surface area contributed by atoms with E-state index in [1.807, 2.05) is 0 Å². The van der Waals surface area contributed by atoms with Crippen LogP contribution in [0.1, 0.15) is 4.79 Å². The van der Waals surface area contributed by atoms with Crippen molar-refractivity contribution in [3.05, 3.63) is 47.2 Å². The van der Waals surface area contributed by atoms with Crippen LogP contribution in [0.3, 0.4) is 0 Å². The molecule has 124 valence electrons. The van der Waals surface area contributed by atoms with Gasteiger partial charge in [-0.05, 0) is 12.1 Å². The molecule has 1 aromatic carbocycles. The van der Waals surface area contributed by atoms with E-state index in [1.165, 1.54) is 19.4 Å². The van der Waals surface area contributed by atoms with Gasteiger partial charge >= 0.3 is 0 Å². The van der Waals surface area contributed by atoms with Crippen LogP contribution < -0.4 is 5.73 Å². The molecule has 24 heavy (non-hydrogen) atoms. The number of benzene rings is 1. The minimum absolute atomic E-state index is 0.0178. The molecule has 2 N–H and O–H groups in total. The van der Waals surface area contributed by atoms with Crippen molar-refractivity contribution in [3.63, 3.8) is 0 Å². The number of carbonyl (C=O) groups is 1. The van der Waals surface area contributed by atoms with E-state index in [-0.39, 0.29) is 34.1 Å². The molecule has 3 rings (SSSR count). The van der Waals surface area contributed by atoms with Crippen molar-refractivity contribution in [2.45, 2.75) is 0 Å². The summed E-state index contributed by atoms with van der Waals surface area (Å²) in [6.45, 7) is -0.214. The zero-order valence-electron chi connectivity index (χ0n) is 12.5. The molecule has 0 bridgehead atoms. The van der Waals surface area contributed by atoms with Crippen LogP contribution in [0.4, 0.5) is 14.5 Å². The highest BCUT2D eigenvalue weighted by Gasteiger charge is 2.21. The number of halogens is 3. The fourth-order valence-corrected chi connectivity index (χ4v) is 2.57. The number of nitrogens with zero attached hydrogens (tertiary/aromatic N) is 2. The maximum Gasteiger partial charge on any atom is 0.257 e. The van der Waals surface area contributed by atoms with Crippen LogP contribution in [0.2, 0.25) is 5.02 Å². The van der Waals surface area contributed by atoms with Crippen molar-refractivity contribution in [1.29, 1.82) is 0 Å². The maximum absolute atomic E-state index is 15.0. The van der Waals surface area contributed by atoms with E-state index in [4.69, 9.17) is 22.1 Å². The lowest BCUT2D eigenvalue weighted by Gasteiger charge is -2.10. The Hall–Kier alpha value is -2.51. The highest BCUT2D eigenvalue weighted by molar-refractivity contribution is 6.33. The molecule has 0 atom stereocenters. The highest BCUT2D eigenvalue weighted by Crippen LogP contribution is 2.33. The van der Waals surface area contributed by atoms with Crippen molar-refractivity contribution < 1.29 is 18.3 Å². The van der Waals surface area contributed by atoms with Gasteiger partial charge in [-0.25, -0.2) is 8.78 Å². The number of aromatic nitrogens is 2. The first-order valence-corrected chi connectivity index (χ1v) is 7.25. The van der Waals surface area contributed by atoms with Gasteiger partial charge in [-0.1, -0.05) is 17.7 Å². The number of rotatable bonds is 3. The fourth-order valence-electron chi connectivity index (χ4n) is 2.44. The zero-order chi connectivity index (χ0) is 17.4. The Labute approximate surface area is 140 Å². The average molecular weight is 352 g/mol. The summed E-state index contributed by atoms with van der Waals surface area (Å²) >= 11 is 5.71. The minimum atomic E-state index is -0.915. The Morgan fingerprint density at radius 3 is 2.79 bits per heavy atom.